The zero-order valence-electron chi connectivity index (χ0n) is 17.5. The molecule has 6 nitrogen and oxygen atoms in total. The molecule has 1 unspecified atom stereocenters. The Balaban J connectivity index is 1.53. The van der Waals surface area contributed by atoms with E-state index >= 15 is 0 Å². The van der Waals surface area contributed by atoms with Gasteiger partial charge in [-0.3, -0.25) is 9.69 Å². The summed E-state index contributed by atoms with van der Waals surface area (Å²) < 4.78 is 5.16. The number of nitrogens with one attached hydrogen (secondary N) is 1. The van der Waals surface area contributed by atoms with Crippen LogP contribution in [-0.2, 0) is 11.3 Å². The lowest BCUT2D eigenvalue weighted by Crippen LogP contribution is -2.44. The van der Waals surface area contributed by atoms with E-state index in [-0.39, 0.29) is 17.5 Å². The van der Waals surface area contributed by atoms with Gasteiger partial charge >= 0.3 is 0 Å². The monoisotopic (exact) mass is 404 g/mol. The van der Waals surface area contributed by atoms with Crippen LogP contribution in [0.15, 0.2) is 66.4 Å². The molecule has 0 aliphatic carbocycles. The number of hydrogen-bond donors (Lipinski definition) is 1. The van der Waals surface area contributed by atoms with Gasteiger partial charge in [-0.1, -0.05) is 42.5 Å². The topological polar surface area (TPSA) is 68.6 Å². The van der Waals surface area contributed by atoms with E-state index in [2.05, 4.69) is 39.4 Å². The van der Waals surface area contributed by atoms with Crippen LogP contribution in [0, 0.1) is 11.3 Å². The van der Waals surface area contributed by atoms with Gasteiger partial charge in [-0.05, 0) is 30.2 Å². The highest BCUT2D eigenvalue weighted by Gasteiger charge is 2.19. The molecule has 6 heteroatoms. The molecular weight excluding hydrogens is 376 g/mol. The number of rotatable bonds is 7. The Kier molecular flexibility index (Phi) is 7.47. The van der Waals surface area contributed by atoms with Crippen molar-refractivity contribution in [2.75, 3.05) is 33.3 Å². The van der Waals surface area contributed by atoms with Gasteiger partial charge in [-0.15, -0.1) is 0 Å². The first kappa shape index (κ1) is 21.4. The third-order valence-corrected chi connectivity index (χ3v) is 5.30. The van der Waals surface area contributed by atoms with Crippen LogP contribution in [0.4, 0.5) is 0 Å². The number of nitrogens with zero attached hydrogens (tertiary/aromatic N) is 3. The van der Waals surface area contributed by atoms with Crippen molar-refractivity contribution in [2.45, 2.75) is 19.5 Å². The fourth-order valence-corrected chi connectivity index (χ4v) is 3.46. The maximum Gasteiger partial charge on any atom is 0.263 e. The lowest BCUT2D eigenvalue weighted by Gasteiger charge is -2.34. The van der Waals surface area contributed by atoms with E-state index < -0.39 is 0 Å². The zero-order valence-corrected chi connectivity index (χ0v) is 17.5. The molecule has 1 aliphatic rings. The Morgan fingerprint density at radius 2 is 1.80 bits per heavy atom. The summed E-state index contributed by atoms with van der Waals surface area (Å²) >= 11 is 0. The quantitative estimate of drug-likeness (QED) is 0.567. The molecule has 0 spiro atoms. The predicted octanol–water partition coefficient (Wildman–Crippen LogP) is 3.10. The number of nitriles is 1. The summed E-state index contributed by atoms with van der Waals surface area (Å²) in [5, 5.41) is 12.4. The minimum absolute atomic E-state index is 0.131. The molecule has 30 heavy (non-hydrogen) atoms. The number of carbonyl (C=O) groups excluding carboxylic acids is 1. The summed E-state index contributed by atoms with van der Waals surface area (Å²) in [6, 6.07) is 19.8. The molecule has 1 fully saturated rings. The summed E-state index contributed by atoms with van der Waals surface area (Å²) in [4.78, 5) is 17.0. The molecule has 1 saturated heterocycles. The number of hydrogen-bond acceptors (Lipinski definition) is 5. The van der Waals surface area contributed by atoms with Gasteiger partial charge in [0.05, 0.1) is 13.2 Å². The van der Waals surface area contributed by atoms with Crippen molar-refractivity contribution in [2.24, 2.45) is 0 Å². The van der Waals surface area contributed by atoms with Crippen molar-refractivity contribution in [3.63, 3.8) is 0 Å². The molecule has 2 aromatic carbocycles. The Labute approximate surface area is 178 Å². The van der Waals surface area contributed by atoms with Crippen molar-refractivity contribution in [3.05, 3.63) is 77.5 Å². The lowest BCUT2D eigenvalue weighted by atomic mass is 10.1. The first-order valence-electron chi connectivity index (χ1n) is 10.2. The highest BCUT2D eigenvalue weighted by atomic mass is 16.5. The van der Waals surface area contributed by atoms with Crippen molar-refractivity contribution >= 4 is 5.91 Å². The Bertz CT molecular complexity index is 895. The highest BCUT2D eigenvalue weighted by molar-refractivity contribution is 5.97. The van der Waals surface area contributed by atoms with Crippen LogP contribution in [-0.4, -0.2) is 49.0 Å². The molecule has 2 aromatic rings. The first-order valence-corrected chi connectivity index (χ1v) is 10.2. The van der Waals surface area contributed by atoms with Gasteiger partial charge in [0.15, 0.2) is 0 Å². The van der Waals surface area contributed by atoms with Crippen LogP contribution in [0.1, 0.15) is 24.1 Å². The molecule has 1 atom stereocenters. The minimum atomic E-state index is -0.354. The van der Waals surface area contributed by atoms with Gasteiger partial charge in [-0.2, -0.15) is 5.26 Å². The molecule has 156 valence electrons. The second-order valence-electron chi connectivity index (χ2n) is 7.42. The van der Waals surface area contributed by atoms with E-state index in [1.54, 1.807) is 13.3 Å². The van der Waals surface area contributed by atoms with Crippen molar-refractivity contribution in [3.8, 4) is 11.8 Å². The maximum absolute atomic E-state index is 12.6. The second kappa shape index (κ2) is 10.5. The number of amides is 1. The molecule has 1 heterocycles. The molecule has 1 N–H and O–H groups in total. The molecular formula is C24H28N4O2. The van der Waals surface area contributed by atoms with Crippen molar-refractivity contribution < 1.29 is 9.53 Å². The van der Waals surface area contributed by atoms with Crippen LogP contribution in [0.3, 0.4) is 0 Å². The minimum Gasteiger partial charge on any atom is -0.497 e. The van der Waals surface area contributed by atoms with E-state index in [0.29, 0.717) is 0 Å². The molecule has 1 aliphatic heterocycles. The lowest BCUT2D eigenvalue weighted by molar-refractivity contribution is -0.117. The van der Waals surface area contributed by atoms with Crippen LogP contribution in [0.2, 0.25) is 0 Å². The fourth-order valence-electron chi connectivity index (χ4n) is 3.46. The van der Waals surface area contributed by atoms with E-state index in [4.69, 9.17) is 4.74 Å². The molecule has 0 radical (unpaired) electrons. The van der Waals surface area contributed by atoms with Gasteiger partial charge in [0.25, 0.3) is 5.91 Å². The third kappa shape index (κ3) is 5.85. The molecule has 1 amide bonds. The summed E-state index contributed by atoms with van der Waals surface area (Å²) in [6.07, 6.45) is 1.69. The van der Waals surface area contributed by atoms with Crippen LogP contribution < -0.4 is 10.1 Å². The van der Waals surface area contributed by atoms with Crippen molar-refractivity contribution in [1.82, 2.24) is 15.1 Å². The summed E-state index contributed by atoms with van der Waals surface area (Å²) in [5.74, 6) is 0.411. The van der Waals surface area contributed by atoms with Crippen LogP contribution >= 0.6 is 0 Å². The molecule has 0 bridgehead atoms. The van der Waals surface area contributed by atoms with Crippen LogP contribution in [0.25, 0.3) is 0 Å². The van der Waals surface area contributed by atoms with Crippen LogP contribution in [0.5, 0.6) is 5.75 Å². The first-order chi connectivity index (χ1) is 14.6. The third-order valence-electron chi connectivity index (χ3n) is 5.30. The number of piperazine rings is 1. The Hall–Kier alpha value is -3.30. The fraction of sp³-hybridized carbons (Fsp3) is 0.333. The summed E-state index contributed by atoms with van der Waals surface area (Å²) in [7, 11) is 1.62. The molecule has 0 aromatic heterocycles. The largest absolute Gasteiger partial charge is 0.497 e. The Morgan fingerprint density at radius 3 is 2.40 bits per heavy atom. The van der Waals surface area contributed by atoms with Gasteiger partial charge in [0.1, 0.15) is 17.4 Å². The number of benzene rings is 2. The summed E-state index contributed by atoms with van der Waals surface area (Å²) in [5.41, 5.74) is 2.38. The average molecular weight is 405 g/mol. The molecule has 3 rings (SSSR count). The Morgan fingerprint density at radius 1 is 1.13 bits per heavy atom. The highest BCUT2D eigenvalue weighted by Crippen LogP contribution is 2.18. The maximum atomic E-state index is 12.6. The zero-order chi connectivity index (χ0) is 21.3. The van der Waals surface area contributed by atoms with E-state index in [1.165, 1.54) is 5.56 Å². The van der Waals surface area contributed by atoms with Gasteiger partial charge in [0.2, 0.25) is 0 Å². The number of methoxy groups -OCH3 is 1. The van der Waals surface area contributed by atoms with E-state index in [1.807, 2.05) is 43.3 Å². The van der Waals surface area contributed by atoms with E-state index in [0.717, 1.165) is 44.0 Å². The summed E-state index contributed by atoms with van der Waals surface area (Å²) in [6.45, 7) is 6.20. The standard InChI is InChI=1S/C24H28N4O2/c1-19(21-8-10-23(30-2)11-9-21)26-24(29)22(16-25)18-28-14-12-27(13-15-28)17-20-6-4-3-5-7-20/h3-11,18-19H,12-15,17H2,1-2H3,(H,26,29)/b22-18-. The average Bonchev–Trinajstić information content (AvgIpc) is 2.79. The number of carbonyl (C=O) groups is 1. The van der Waals surface area contributed by atoms with E-state index in [9.17, 15) is 10.1 Å². The van der Waals surface area contributed by atoms with Crippen molar-refractivity contribution in [1.29, 1.82) is 5.26 Å². The SMILES string of the molecule is COc1ccc(C(C)NC(=O)/C(C#N)=C\N2CCN(Cc3ccccc3)CC2)cc1. The smallest absolute Gasteiger partial charge is 0.263 e. The molecule has 0 saturated carbocycles. The normalized spacial score (nSPS) is 15.9. The number of ether oxygens (including phenoxy) is 1. The van der Waals surface area contributed by atoms with Gasteiger partial charge in [-0.25, -0.2) is 0 Å². The predicted molar refractivity (Wildman–Crippen MR) is 117 cm³/mol. The van der Waals surface area contributed by atoms with Gasteiger partial charge in [0, 0.05) is 38.9 Å². The van der Waals surface area contributed by atoms with Gasteiger partial charge < -0.3 is 15.0 Å². The second-order valence-corrected chi connectivity index (χ2v) is 7.42.